The van der Waals surface area contributed by atoms with Crippen molar-refractivity contribution in [1.82, 2.24) is 19.7 Å². The zero-order chi connectivity index (χ0) is 20.9. The summed E-state index contributed by atoms with van der Waals surface area (Å²) in [5.74, 6) is 2.34. The molecule has 0 aliphatic carbocycles. The number of benzene rings is 1. The van der Waals surface area contributed by atoms with E-state index in [0.29, 0.717) is 29.8 Å². The Hall–Kier alpha value is -2.46. The molecule has 152 valence electrons. The molecule has 0 amide bonds. The average molecular weight is 453 g/mol. The van der Waals surface area contributed by atoms with Gasteiger partial charge in [0.25, 0.3) is 0 Å². The van der Waals surface area contributed by atoms with Crippen LogP contribution >= 0.6 is 23.2 Å². The second-order valence-electron chi connectivity index (χ2n) is 5.92. The van der Waals surface area contributed by atoms with E-state index in [2.05, 4.69) is 30.3 Å². The monoisotopic (exact) mass is 452 g/mol. The number of hydrogen-bond donors (Lipinski definition) is 3. The Morgan fingerprint density at radius 1 is 0.966 bits per heavy atom. The van der Waals surface area contributed by atoms with Crippen molar-refractivity contribution >= 4 is 50.7 Å². The van der Waals surface area contributed by atoms with Gasteiger partial charge in [-0.25, -0.2) is 28.1 Å². The van der Waals surface area contributed by atoms with Crippen molar-refractivity contribution in [3.05, 3.63) is 64.5 Å². The molecule has 1 aromatic carbocycles. The Morgan fingerprint density at radius 2 is 1.76 bits per heavy atom. The highest BCUT2D eigenvalue weighted by atomic mass is 35.5. The van der Waals surface area contributed by atoms with Crippen LogP contribution in [0.5, 0.6) is 0 Å². The van der Waals surface area contributed by atoms with Crippen LogP contribution in [0.15, 0.2) is 53.6 Å². The van der Waals surface area contributed by atoms with Crippen LogP contribution in [0, 0.1) is 6.92 Å². The van der Waals surface area contributed by atoms with Gasteiger partial charge in [-0.15, -0.1) is 0 Å². The Kier molecular flexibility index (Phi) is 6.86. The maximum absolute atomic E-state index is 12.4. The van der Waals surface area contributed by atoms with Gasteiger partial charge in [-0.2, -0.15) is 0 Å². The third-order valence-corrected chi connectivity index (χ3v) is 5.84. The molecule has 0 atom stereocenters. The summed E-state index contributed by atoms with van der Waals surface area (Å²) in [5, 5.41) is 6.55. The number of hydrogen-bond acceptors (Lipinski definition) is 7. The number of aromatic nitrogens is 3. The quantitative estimate of drug-likeness (QED) is 0.447. The third-order valence-electron chi connectivity index (χ3n) is 3.66. The largest absolute Gasteiger partial charge is 0.369 e. The van der Waals surface area contributed by atoms with Crippen LogP contribution in [0.25, 0.3) is 0 Å². The fourth-order valence-electron chi connectivity index (χ4n) is 2.43. The number of nitrogens with zero attached hydrogens (tertiary/aromatic N) is 3. The molecular formula is C18H18Cl2N6O2S. The Morgan fingerprint density at radius 3 is 2.52 bits per heavy atom. The summed E-state index contributed by atoms with van der Waals surface area (Å²) >= 11 is 11.8. The van der Waals surface area contributed by atoms with Crippen molar-refractivity contribution in [2.45, 2.75) is 11.8 Å². The van der Waals surface area contributed by atoms with Gasteiger partial charge in [0.2, 0.25) is 10.0 Å². The Balaban J connectivity index is 1.60. The lowest BCUT2D eigenvalue weighted by Crippen LogP contribution is -2.29. The summed E-state index contributed by atoms with van der Waals surface area (Å²) in [5.41, 5.74) is 0. The molecule has 0 spiro atoms. The van der Waals surface area contributed by atoms with E-state index in [1.165, 1.54) is 18.2 Å². The van der Waals surface area contributed by atoms with Crippen molar-refractivity contribution in [3.63, 3.8) is 0 Å². The van der Waals surface area contributed by atoms with E-state index in [1.54, 1.807) is 19.2 Å². The summed E-state index contributed by atoms with van der Waals surface area (Å²) in [4.78, 5) is 12.7. The smallest absolute Gasteiger partial charge is 0.242 e. The molecule has 2 heterocycles. The molecule has 0 aliphatic rings. The van der Waals surface area contributed by atoms with Crippen molar-refractivity contribution in [2.24, 2.45) is 0 Å². The molecule has 0 bridgehead atoms. The van der Waals surface area contributed by atoms with Crippen molar-refractivity contribution < 1.29 is 8.42 Å². The zero-order valence-electron chi connectivity index (χ0n) is 15.4. The van der Waals surface area contributed by atoms with Gasteiger partial charge in [0, 0.05) is 30.4 Å². The summed E-state index contributed by atoms with van der Waals surface area (Å²) in [7, 11) is -3.78. The average Bonchev–Trinajstić information content (AvgIpc) is 2.67. The van der Waals surface area contributed by atoms with Crippen LogP contribution in [0.4, 0.5) is 17.5 Å². The van der Waals surface area contributed by atoms with Gasteiger partial charge >= 0.3 is 0 Å². The van der Waals surface area contributed by atoms with E-state index in [0.717, 1.165) is 0 Å². The SMILES string of the molecule is Cc1nc(NCCNS(=O)(=O)c2cc(Cl)ccc2Cl)cc(Nc2ccccn2)n1. The Bertz CT molecular complexity index is 1100. The number of anilines is 3. The normalized spacial score (nSPS) is 11.3. The predicted octanol–water partition coefficient (Wildman–Crippen LogP) is 3.62. The molecule has 3 N–H and O–H groups in total. The van der Waals surface area contributed by atoms with Gasteiger partial charge < -0.3 is 10.6 Å². The predicted molar refractivity (Wildman–Crippen MR) is 114 cm³/mol. The molecule has 0 saturated carbocycles. The highest BCUT2D eigenvalue weighted by molar-refractivity contribution is 7.89. The topological polar surface area (TPSA) is 109 Å². The Labute approximate surface area is 178 Å². The van der Waals surface area contributed by atoms with Crippen molar-refractivity contribution in [1.29, 1.82) is 0 Å². The molecule has 0 aliphatic heterocycles. The summed E-state index contributed by atoms with van der Waals surface area (Å²) in [6, 6.07) is 11.5. The van der Waals surface area contributed by atoms with Gasteiger partial charge in [-0.05, 0) is 37.3 Å². The molecule has 11 heteroatoms. The fourth-order valence-corrected chi connectivity index (χ4v) is 4.22. The van der Waals surface area contributed by atoms with E-state index in [4.69, 9.17) is 23.2 Å². The van der Waals surface area contributed by atoms with Crippen molar-refractivity contribution in [2.75, 3.05) is 23.7 Å². The number of halogens is 2. The molecule has 3 aromatic rings. The lowest BCUT2D eigenvalue weighted by Gasteiger charge is -2.11. The molecule has 8 nitrogen and oxygen atoms in total. The summed E-state index contributed by atoms with van der Waals surface area (Å²) in [6.45, 7) is 2.19. The third kappa shape index (κ3) is 6.01. The number of aryl methyl sites for hydroxylation is 1. The molecule has 3 rings (SSSR count). The van der Waals surface area contributed by atoms with Gasteiger partial charge in [0.1, 0.15) is 28.2 Å². The lowest BCUT2D eigenvalue weighted by atomic mass is 10.4. The first-order valence-electron chi connectivity index (χ1n) is 8.56. The first-order valence-corrected chi connectivity index (χ1v) is 10.8. The minimum Gasteiger partial charge on any atom is -0.369 e. The first kappa shape index (κ1) is 21.3. The number of rotatable bonds is 8. The summed E-state index contributed by atoms with van der Waals surface area (Å²) in [6.07, 6.45) is 1.67. The number of nitrogens with one attached hydrogen (secondary N) is 3. The van der Waals surface area contributed by atoms with Crippen LogP contribution in [0.2, 0.25) is 10.0 Å². The van der Waals surface area contributed by atoms with Crippen LogP contribution in [-0.2, 0) is 10.0 Å². The first-order chi connectivity index (χ1) is 13.8. The molecule has 0 radical (unpaired) electrons. The van der Waals surface area contributed by atoms with Crippen LogP contribution in [0.3, 0.4) is 0 Å². The standard InChI is InChI=1S/C18H18Cl2N6O2S/c1-12-24-17(11-18(25-12)26-16-4-2-3-7-21-16)22-8-9-23-29(27,28)15-10-13(19)5-6-14(15)20/h2-7,10-11,23H,8-9H2,1H3,(H2,21,22,24,25,26). The highest BCUT2D eigenvalue weighted by Gasteiger charge is 2.17. The number of pyridine rings is 1. The highest BCUT2D eigenvalue weighted by Crippen LogP contribution is 2.24. The molecule has 29 heavy (non-hydrogen) atoms. The van der Waals surface area contributed by atoms with Gasteiger partial charge in [-0.3, -0.25) is 0 Å². The van der Waals surface area contributed by atoms with Crippen LogP contribution in [0.1, 0.15) is 5.82 Å². The second kappa shape index (κ2) is 9.36. The number of sulfonamides is 1. The van der Waals surface area contributed by atoms with E-state index in [-0.39, 0.29) is 21.5 Å². The maximum atomic E-state index is 12.4. The summed E-state index contributed by atoms with van der Waals surface area (Å²) < 4.78 is 27.3. The van der Waals surface area contributed by atoms with E-state index >= 15 is 0 Å². The molecule has 0 unspecified atom stereocenters. The molecule has 0 saturated heterocycles. The molecule has 2 aromatic heterocycles. The van der Waals surface area contributed by atoms with Crippen LogP contribution < -0.4 is 15.4 Å². The minimum absolute atomic E-state index is 0.0635. The molecular weight excluding hydrogens is 435 g/mol. The zero-order valence-corrected chi connectivity index (χ0v) is 17.7. The maximum Gasteiger partial charge on any atom is 0.242 e. The van der Waals surface area contributed by atoms with Crippen LogP contribution in [-0.4, -0.2) is 36.5 Å². The van der Waals surface area contributed by atoms with Crippen molar-refractivity contribution in [3.8, 4) is 0 Å². The van der Waals surface area contributed by atoms with E-state index in [1.807, 2.05) is 18.2 Å². The van der Waals surface area contributed by atoms with E-state index < -0.39 is 10.0 Å². The molecule has 0 fully saturated rings. The van der Waals surface area contributed by atoms with Gasteiger partial charge in [-0.1, -0.05) is 29.3 Å². The second-order valence-corrected chi connectivity index (χ2v) is 8.50. The van der Waals surface area contributed by atoms with Gasteiger partial charge in [0.05, 0.1) is 5.02 Å². The fraction of sp³-hybridized carbons (Fsp3) is 0.167. The van der Waals surface area contributed by atoms with Gasteiger partial charge in [0.15, 0.2) is 0 Å². The lowest BCUT2D eigenvalue weighted by molar-refractivity contribution is 0.583. The van der Waals surface area contributed by atoms with E-state index in [9.17, 15) is 8.42 Å². The minimum atomic E-state index is -3.78.